The van der Waals surface area contributed by atoms with Gasteiger partial charge in [-0.2, -0.15) is 0 Å². The first-order valence-electron chi connectivity index (χ1n) is 23.2. The molecule has 4 fully saturated rings. The third-order valence-electron chi connectivity index (χ3n) is 14.7. The van der Waals surface area contributed by atoms with Crippen molar-refractivity contribution < 1.29 is 67.1 Å². The number of rotatable bonds is 9. The van der Waals surface area contributed by atoms with Crippen LogP contribution in [0, 0.1) is 23.7 Å². The summed E-state index contributed by atoms with van der Waals surface area (Å²) in [5.41, 5.74) is 0.626. The molecule has 7 rings (SSSR count). The molecule has 354 valence electrons. The Morgan fingerprint density at radius 3 is 2.29 bits per heavy atom. The van der Waals surface area contributed by atoms with Gasteiger partial charge >= 0.3 is 5.97 Å². The van der Waals surface area contributed by atoms with Crippen LogP contribution in [0.2, 0.25) is 0 Å². The molecule has 0 aromatic heterocycles. The van der Waals surface area contributed by atoms with E-state index < -0.39 is 90.8 Å². The maximum Gasteiger partial charge on any atom is 0.316 e. The molecule has 4 saturated heterocycles. The highest BCUT2D eigenvalue weighted by Crippen LogP contribution is 2.48. The Balaban J connectivity index is 1.19. The van der Waals surface area contributed by atoms with Crippen LogP contribution in [-0.4, -0.2) is 141 Å². The van der Waals surface area contributed by atoms with Gasteiger partial charge in [0.25, 0.3) is 0 Å². The largest absolute Gasteiger partial charge is 0.462 e. The van der Waals surface area contributed by atoms with E-state index in [2.05, 4.69) is 46.8 Å². The molecule has 14 nitrogen and oxygen atoms in total. The van der Waals surface area contributed by atoms with Crippen LogP contribution >= 0.6 is 0 Å². The lowest BCUT2D eigenvalue weighted by Crippen LogP contribution is -2.58. The summed E-state index contributed by atoms with van der Waals surface area (Å²) in [5, 5.41) is 23.2. The highest BCUT2D eigenvalue weighted by molar-refractivity contribution is 5.78. The van der Waals surface area contributed by atoms with Crippen molar-refractivity contribution in [2.24, 2.45) is 23.7 Å². The third kappa shape index (κ3) is 10.0. The number of aliphatic hydroxyl groups is 2. The summed E-state index contributed by atoms with van der Waals surface area (Å²) < 4.78 is 70.0. The van der Waals surface area contributed by atoms with Crippen LogP contribution in [0.1, 0.15) is 93.9 Å². The van der Waals surface area contributed by atoms with Crippen molar-refractivity contribution in [2.75, 3.05) is 27.9 Å². The first kappa shape index (κ1) is 48.6. The van der Waals surface area contributed by atoms with Crippen molar-refractivity contribution in [1.29, 1.82) is 0 Å². The smallest absolute Gasteiger partial charge is 0.316 e. The van der Waals surface area contributed by atoms with E-state index in [0.717, 1.165) is 17.6 Å². The molecule has 0 aromatic carbocycles. The van der Waals surface area contributed by atoms with Gasteiger partial charge in [-0.3, -0.25) is 4.79 Å². The summed E-state index contributed by atoms with van der Waals surface area (Å²) in [5.74, 6) is -2.35. The van der Waals surface area contributed by atoms with Crippen LogP contribution in [0.25, 0.3) is 0 Å². The fourth-order valence-electron chi connectivity index (χ4n) is 10.9. The molecule has 0 radical (unpaired) electrons. The van der Waals surface area contributed by atoms with Crippen LogP contribution < -0.4 is 0 Å². The van der Waals surface area contributed by atoms with E-state index in [1.165, 1.54) is 0 Å². The van der Waals surface area contributed by atoms with Crippen molar-refractivity contribution in [3.8, 4) is 0 Å². The molecule has 2 N–H and O–H groups in total. The quantitative estimate of drug-likeness (QED) is 0.204. The third-order valence-corrected chi connectivity index (χ3v) is 14.7. The number of hydrogen-bond donors (Lipinski definition) is 2. The number of carbonyl (C=O) groups is 1. The molecule has 1 spiro atoms. The van der Waals surface area contributed by atoms with Crippen LogP contribution in [0.3, 0.4) is 0 Å². The van der Waals surface area contributed by atoms with Crippen LogP contribution in [-0.2, 0) is 56.9 Å². The van der Waals surface area contributed by atoms with Gasteiger partial charge < -0.3 is 62.3 Å². The van der Waals surface area contributed by atoms with E-state index in [9.17, 15) is 15.0 Å². The van der Waals surface area contributed by atoms with E-state index in [1.54, 1.807) is 34.3 Å². The Morgan fingerprint density at radius 1 is 0.857 bits per heavy atom. The Morgan fingerprint density at radius 2 is 1.57 bits per heavy atom. The molecule has 63 heavy (non-hydrogen) atoms. The van der Waals surface area contributed by atoms with Gasteiger partial charge in [-0.05, 0) is 62.8 Å². The zero-order chi connectivity index (χ0) is 45.4. The van der Waals surface area contributed by atoms with Gasteiger partial charge in [0, 0.05) is 58.8 Å². The lowest BCUT2D eigenvalue weighted by Gasteiger charge is -2.48. The monoisotopic (exact) mass is 887 g/mol. The lowest BCUT2D eigenvalue weighted by molar-refractivity contribution is -0.318. The van der Waals surface area contributed by atoms with Crippen molar-refractivity contribution in [1.82, 2.24) is 0 Å². The van der Waals surface area contributed by atoms with Crippen molar-refractivity contribution in [3.63, 3.8) is 0 Å². The molecule has 20 atom stereocenters. The second-order valence-electron chi connectivity index (χ2n) is 19.2. The number of esters is 1. The Kier molecular flexibility index (Phi) is 15.7. The van der Waals surface area contributed by atoms with Crippen LogP contribution in [0.5, 0.6) is 0 Å². The topological polar surface area (TPSA) is 159 Å². The molecule has 7 aliphatic rings. The molecular formula is C49H74O14. The van der Waals surface area contributed by atoms with Gasteiger partial charge in [0.15, 0.2) is 18.4 Å². The van der Waals surface area contributed by atoms with Gasteiger partial charge in [-0.25, -0.2) is 0 Å². The average molecular weight is 887 g/mol. The number of carbonyl (C=O) groups excluding carboxylic acids is 1. The molecule has 6 heterocycles. The van der Waals surface area contributed by atoms with E-state index >= 15 is 0 Å². The molecular weight excluding hydrogens is 813 g/mol. The van der Waals surface area contributed by atoms with Crippen LogP contribution in [0.15, 0.2) is 59.3 Å². The Labute approximate surface area is 374 Å². The van der Waals surface area contributed by atoms with E-state index in [-0.39, 0.29) is 42.7 Å². The summed E-state index contributed by atoms with van der Waals surface area (Å²) in [6, 6.07) is 0. The fourth-order valence-corrected chi connectivity index (χ4v) is 10.9. The highest BCUT2D eigenvalue weighted by Gasteiger charge is 2.60. The Hall–Kier alpha value is -2.31. The zero-order valence-corrected chi connectivity index (χ0v) is 39.2. The van der Waals surface area contributed by atoms with E-state index in [1.807, 2.05) is 38.2 Å². The zero-order valence-electron chi connectivity index (χ0n) is 39.2. The summed E-state index contributed by atoms with van der Waals surface area (Å²) in [4.78, 5) is 14.5. The molecule has 0 aromatic rings. The minimum absolute atomic E-state index is 0.0805. The number of methoxy groups -OCH3 is 3. The summed E-state index contributed by atoms with van der Waals surface area (Å²) >= 11 is 0. The molecule has 6 aliphatic heterocycles. The standard InChI is InChI=1S/C49H74O14/c1-12-26(2)43-29(5)18-19-48(63-43)24-35-21-34(62-48)17-16-28(4)42(60-40-23-38(54-10)45(32(8)58-40)61-39-22-37(53-9)41(50)31(7)57-39)27(3)14-13-15-33-25-56-46-44(55-11)30(6)20-36(47(51)59-35)49(33,46)52/h13-16,18-20,26-27,29,31-32,34-46,50,52H,12,17,21-25H2,1-11H3/b14-13+,28-16+,33-15+/t26-,27-,29-,31?,32?,34+,35-,36-,37?,38?,39?,40?,41?,42-,43+,44+,45?,46+,48+,49+/m0/s1. The molecule has 0 saturated carbocycles. The number of allylic oxidation sites excluding steroid dienone is 2. The molecule has 8 unspecified atom stereocenters. The highest BCUT2D eigenvalue weighted by atomic mass is 16.7. The van der Waals surface area contributed by atoms with E-state index in [0.29, 0.717) is 37.7 Å². The van der Waals surface area contributed by atoms with Crippen molar-refractivity contribution in [2.45, 2.75) is 191 Å². The number of fused-ring (bicyclic) bond motifs is 2. The van der Waals surface area contributed by atoms with Crippen LogP contribution in [0.4, 0.5) is 0 Å². The fraction of sp³-hybridized carbons (Fsp3) is 0.776. The predicted octanol–water partition coefficient (Wildman–Crippen LogP) is 6.03. The number of hydrogen-bond acceptors (Lipinski definition) is 14. The first-order chi connectivity index (χ1) is 30.0. The second-order valence-corrected chi connectivity index (χ2v) is 19.2. The molecule has 1 aliphatic carbocycles. The van der Waals surface area contributed by atoms with Crippen molar-refractivity contribution in [3.05, 3.63) is 59.3 Å². The van der Waals surface area contributed by atoms with Crippen molar-refractivity contribution >= 4 is 5.97 Å². The predicted molar refractivity (Wildman–Crippen MR) is 232 cm³/mol. The van der Waals surface area contributed by atoms with Gasteiger partial charge in [0.05, 0.1) is 49.3 Å². The number of aliphatic hydroxyl groups excluding tert-OH is 1. The minimum atomic E-state index is -1.71. The average Bonchev–Trinajstić information content (AvgIpc) is 3.59. The SMILES string of the molecule is CC[C@H](C)[C@H]1O[C@]2(C=C[C@@H]1C)C[C@@H]1C[C@@H](C/C=C(\C)[C@@H](OC3CC(OC)C(OC4CC(OC)C(O)C(C)O4)C(C)O3)[C@@H](C)/C=C/C=C3\CO[C@@H]4[C@H](OC)C(C)=C[C@@H](C(=O)O1)[C@]34O)O2. The van der Waals surface area contributed by atoms with Gasteiger partial charge in [-0.1, -0.05) is 70.6 Å². The van der Waals surface area contributed by atoms with Gasteiger partial charge in [-0.15, -0.1) is 0 Å². The molecule has 14 heteroatoms. The Bertz CT molecular complexity index is 1740. The first-order valence-corrected chi connectivity index (χ1v) is 23.2. The lowest BCUT2D eigenvalue weighted by atomic mass is 9.70. The number of ether oxygens (including phenoxy) is 11. The summed E-state index contributed by atoms with van der Waals surface area (Å²) in [6.07, 6.45) is 9.95. The maximum absolute atomic E-state index is 14.5. The molecule has 0 amide bonds. The maximum atomic E-state index is 14.5. The summed E-state index contributed by atoms with van der Waals surface area (Å²) in [7, 11) is 4.82. The summed E-state index contributed by atoms with van der Waals surface area (Å²) in [6.45, 7) is 16.4. The minimum Gasteiger partial charge on any atom is -0.462 e. The molecule has 2 bridgehead atoms. The van der Waals surface area contributed by atoms with Gasteiger partial charge in [0.1, 0.15) is 42.0 Å². The van der Waals surface area contributed by atoms with Gasteiger partial charge in [0.2, 0.25) is 0 Å². The second kappa shape index (κ2) is 20.3. The van der Waals surface area contributed by atoms with E-state index in [4.69, 9.17) is 52.1 Å². The normalized spacial score (nSPS) is 48.6.